The van der Waals surface area contributed by atoms with E-state index in [1.807, 2.05) is 23.2 Å². The molecular weight excluding hydrogens is 226 g/mol. The topological polar surface area (TPSA) is 45.2 Å². The van der Waals surface area contributed by atoms with Crippen molar-refractivity contribution in [3.05, 3.63) is 23.9 Å². The second-order valence-electron chi connectivity index (χ2n) is 4.75. The zero-order valence-corrected chi connectivity index (χ0v) is 11.0. The molecule has 0 bridgehead atoms. The zero-order valence-electron chi connectivity index (χ0n) is 11.0. The molecule has 1 fully saturated rings. The van der Waals surface area contributed by atoms with Gasteiger partial charge in [0, 0.05) is 32.3 Å². The first-order valence-corrected chi connectivity index (χ1v) is 6.76. The van der Waals surface area contributed by atoms with Crippen LogP contribution in [0, 0.1) is 0 Å². The summed E-state index contributed by atoms with van der Waals surface area (Å²) in [6.45, 7) is 4.65. The summed E-state index contributed by atoms with van der Waals surface area (Å²) in [5, 5.41) is 3.24. The maximum Gasteiger partial charge on any atom is 0.222 e. The Balaban J connectivity index is 1.91. The summed E-state index contributed by atoms with van der Waals surface area (Å²) in [5.74, 6) is 1.18. The van der Waals surface area contributed by atoms with Gasteiger partial charge in [-0.15, -0.1) is 0 Å². The molecule has 4 heteroatoms. The Morgan fingerprint density at radius 1 is 1.39 bits per heavy atom. The van der Waals surface area contributed by atoms with E-state index in [1.165, 1.54) is 0 Å². The number of nitrogens with one attached hydrogen (secondary N) is 1. The normalized spacial score (nSPS) is 15.8. The summed E-state index contributed by atoms with van der Waals surface area (Å²) < 4.78 is 0. The predicted molar refractivity (Wildman–Crippen MR) is 72.3 cm³/mol. The molecular formula is C14H21N3O. The van der Waals surface area contributed by atoms with E-state index in [4.69, 9.17) is 0 Å². The van der Waals surface area contributed by atoms with Gasteiger partial charge in [-0.2, -0.15) is 0 Å². The van der Waals surface area contributed by atoms with Gasteiger partial charge in [0.2, 0.25) is 5.91 Å². The highest BCUT2D eigenvalue weighted by atomic mass is 16.2. The molecule has 0 unspecified atom stereocenters. The van der Waals surface area contributed by atoms with Gasteiger partial charge in [0.15, 0.2) is 0 Å². The van der Waals surface area contributed by atoms with Crippen LogP contribution in [-0.4, -0.2) is 28.9 Å². The Labute approximate surface area is 108 Å². The quantitative estimate of drug-likeness (QED) is 0.869. The maximum atomic E-state index is 11.7. The lowest BCUT2D eigenvalue weighted by Crippen LogP contribution is -2.34. The molecule has 0 radical (unpaired) electrons. The summed E-state index contributed by atoms with van der Waals surface area (Å²) in [5.41, 5.74) is 1.10. The third kappa shape index (κ3) is 3.45. The molecule has 0 aliphatic carbocycles. The third-order valence-corrected chi connectivity index (χ3v) is 3.18. The molecule has 18 heavy (non-hydrogen) atoms. The van der Waals surface area contributed by atoms with Crippen LogP contribution in [0.1, 0.15) is 38.2 Å². The lowest BCUT2D eigenvalue weighted by Gasteiger charge is -2.26. The van der Waals surface area contributed by atoms with Crippen molar-refractivity contribution in [3.8, 4) is 0 Å². The fraction of sp³-hybridized carbons (Fsp3) is 0.571. The van der Waals surface area contributed by atoms with Gasteiger partial charge in [-0.3, -0.25) is 4.79 Å². The van der Waals surface area contributed by atoms with E-state index >= 15 is 0 Å². The Hall–Kier alpha value is -1.58. The number of hydrogen-bond donors (Lipinski definition) is 1. The first-order chi connectivity index (χ1) is 8.79. The minimum Gasteiger partial charge on any atom is -0.370 e. The summed E-state index contributed by atoms with van der Waals surface area (Å²) in [6, 6.07) is 4.03. The number of likely N-dealkylation sites (tertiary alicyclic amines) is 1. The van der Waals surface area contributed by atoms with E-state index in [0.717, 1.165) is 43.7 Å². The Bertz CT molecular complexity index is 389. The average molecular weight is 247 g/mol. The Morgan fingerprint density at radius 2 is 2.28 bits per heavy atom. The molecule has 1 aliphatic rings. The molecule has 0 spiro atoms. The number of aromatic nitrogens is 1. The van der Waals surface area contributed by atoms with E-state index in [-0.39, 0.29) is 5.91 Å². The second kappa shape index (κ2) is 6.38. The van der Waals surface area contributed by atoms with Crippen LogP contribution >= 0.6 is 0 Å². The highest BCUT2D eigenvalue weighted by Crippen LogP contribution is 2.14. The lowest BCUT2D eigenvalue weighted by atomic mass is 10.1. The highest BCUT2D eigenvalue weighted by Gasteiger charge is 2.17. The highest BCUT2D eigenvalue weighted by molar-refractivity contribution is 5.76. The van der Waals surface area contributed by atoms with E-state index < -0.39 is 0 Å². The number of piperidine rings is 1. The van der Waals surface area contributed by atoms with Crippen LogP contribution in [-0.2, 0) is 11.3 Å². The number of carbonyl (C=O) groups excluding carboxylic acids is 1. The number of hydrogen-bond acceptors (Lipinski definition) is 3. The van der Waals surface area contributed by atoms with E-state index in [2.05, 4.69) is 17.2 Å². The summed E-state index contributed by atoms with van der Waals surface area (Å²) in [4.78, 5) is 18.0. The van der Waals surface area contributed by atoms with Crippen LogP contribution in [0.15, 0.2) is 18.3 Å². The molecule has 0 atom stereocenters. The molecule has 1 N–H and O–H groups in total. The molecule has 98 valence electrons. The van der Waals surface area contributed by atoms with Crippen molar-refractivity contribution in [3.63, 3.8) is 0 Å². The van der Waals surface area contributed by atoms with Gasteiger partial charge in [-0.1, -0.05) is 13.0 Å². The molecule has 1 aliphatic heterocycles. The van der Waals surface area contributed by atoms with Crippen molar-refractivity contribution in [1.82, 2.24) is 9.88 Å². The number of amides is 1. The molecule has 0 saturated carbocycles. The predicted octanol–water partition coefficient (Wildman–Crippen LogP) is 2.42. The van der Waals surface area contributed by atoms with Gasteiger partial charge in [0.25, 0.3) is 0 Å². The molecule has 1 amide bonds. The smallest absolute Gasteiger partial charge is 0.222 e. The van der Waals surface area contributed by atoms with Gasteiger partial charge in [0.1, 0.15) is 5.82 Å². The maximum absolute atomic E-state index is 11.7. The van der Waals surface area contributed by atoms with Crippen molar-refractivity contribution >= 4 is 11.7 Å². The minimum absolute atomic E-state index is 0.273. The zero-order chi connectivity index (χ0) is 12.8. The summed E-state index contributed by atoms with van der Waals surface area (Å²) in [7, 11) is 0. The van der Waals surface area contributed by atoms with E-state index in [1.54, 1.807) is 0 Å². The van der Waals surface area contributed by atoms with E-state index in [9.17, 15) is 4.79 Å². The molecule has 0 aromatic carbocycles. The largest absolute Gasteiger partial charge is 0.370 e. The van der Waals surface area contributed by atoms with Gasteiger partial charge in [0.05, 0.1) is 0 Å². The van der Waals surface area contributed by atoms with Gasteiger partial charge < -0.3 is 10.2 Å². The summed E-state index contributed by atoms with van der Waals surface area (Å²) in [6.07, 6.45) is 5.80. The standard InChI is InChI=1S/C14H21N3O/c1-2-8-15-13-7-6-12(10-16-13)11-17-9-4-3-5-14(17)18/h6-7,10H,2-5,8-9,11H2,1H3,(H,15,16). The minimum atomic E-state index is 0.273. The monoisotopic (exact) mass is 247 g/mol. The first kappa shape index (κ1) is 12.9. The van der Waals surface area contributed by atoms with Crippen molar-refractivity contribution in [2.45, 2.75) is 39.2 Å². The number of rotatable bonds is 5. The van der Waals surface area contributed by atoms with Crippen molar-refractivity contribution in [2.24, 2.45) is 0 Å². The van der Waals surface area contributed by atoms with Gasteiger partial charge in [-0.25, -0.2) is 4.98 Å². The number of anilines is 1. The fourth-order valence-corrected chi connectivity index (χ4v) is 2.12. The molecule has 1 aromatic rings. The Kier molecular flexibility index (Phi) is 4.56. The van der Waals surface area contributed by atoms with Crippen LogP contribution in [0.5, 0.6) is 0 Å². The number of nitrogens with zero attached hydrogens (tertiary/aromatic N) is 2. The van der Waals surface area contributed by atoms with Gasteiger partial charge >= 0.3 is 0 Å². The summed E-state index contributed by atoms with van der Waals surface area (Å²) >= 11 is 0. The molecule has 1 aromatic heterocycles. The van der Waals surface area contributed by atoms with Crippen LogP contribution in [0.25, 0.3) is 0 Å². The average Bonchev–Trinajstić information content (AvgIpc) is 2.41. The molecule has 2 heterocycles. The molecule has 4 nitrogen and oxygen atoms in total. The molecule has 2 rings (SSSR count). The second-order valence-corrected chi connectivity index (χ2v) is 4.75. The Morgan fingerprint density at radius 3 is 2.94 bits per heavy atom. The molecule has 1 saturated heterocycles. The van der Waals surface area contributed by atoms with Crippen LogP contribution in [0.4, 0.5) is 5.82 Å². The SMILES string of the molecule is CCCNc1ccc(CN2CCCCC2=O)cn1. The van der Waals surface area contributed by atoms with Crippen LogP contribution < -0.4 is 5.32 Å². The fourth-order valence-electron chi connectivity index (χ4n) is 2.12. The number of carbonyl (C=O) groups is 1. The third-order valence-electron chi connectivity index (χ3n) is 3.18. The van der Waals surface area contributed by atoms with Crippen molar-refractivity contribution in [1.29, 1.82) is 0 Å². The van der Waals surface area contributed by atoms with Crippen LogP contribution in [0.2, 0.25) is 0 Å². The van der Waals surface area contributed by atoms with Crippen LogP contribution in [0.3, 0.4) is 0 Å². The first-order valence-electron chi connectivity index (χ1n) is 6.76. The van der Waals surface area contributed by atoms with Crippen molar-refractivity contribution in [2.75, 3.05) is 18.4 Å². The lowest BCUT2D eigenvalue weighted by molar-refractivity contribution is -0.133. The van der Waals surface area contributed by atoms with E-state index in [0.29, 0.717) is 13.0 Å². The van der Waals surface area contributed by atoms with Gasteiger partial charge in [-0.05, 0) is 30.9 Å². The van der Waals surface area contributed by atoms with Crippen molar-refractivity contribution < 1.29 is 4.79 Å². The number of pyridine rings is 1.